The fraction of sp³-hybridized carbons (Fsp3) is 0.143. The number of halogens is 1. The lowest BCUT2D eigenvalue weighted by molar-refractivity contribution is 0.870. The van der Waals surface area contributed by atoms with Crippen molar-refractivity contribution in [2.45, 2.75) is 13.0 Å². The van der Waals surface area contributed by atoms with Gasteiger partial charge in [-0.1, -0.05) is 54.1 Å². The van der Waals surface area contributed by atoms with E-state index in [1.54, 1.807) is 0 Å². The molecule has 2 heteroatoms. The van der Waals surface area contributed by atoms with Crippen molar-refractivity contribution in [2.24, 2.45) is 5.73 Å². The molecule has 1 nitrogen and oxygen atoms in total. The van der Waals surface area contributed by atoms with E-state index >= 15 is 0 Å². The van der Waals surface area contributed by atoms with Crippen LogP contribution < -0.4 is 5.73 Å². The molecule has 2 aromatic carbocycles. The van der Waals surface area contributed by atoms with Crippen LogP contribution in [0.1, 0.15) is 22.7 Å². The molecule has 0 amide bonds. The molecule has 0 heterocycles. The van der Waals surface area contributed by atoms with E-state index in [0.29, 0.717) is 0 Å². The third-order valence-electron chi connectivity index (χ3n) is 2.70. The Labute approximate surface area is 101 Å². The lowest BCUT2D eigenvalue weighted by Crippen LogP contribution is -2.11. The first-order valence-corrected chi connectivity index (χ1v) is 5.63. The Morgan fingerprint density at radius 3 is 2.31 bits per heavy atom. The summed E-state index contributed by atoms with van der Waals surface area (Å²) in [6.07, 6.45) is 0. The van der Waals surface area contributed by atoms with Crippen LogP contribution in [0, 0.1) is 6.92 Å². The number of benzene rings is 2. The Morgan fingerprint density at radius 1 is 1.00 bits per heavy atom. The van der Waals surface area contributed by atoms with Gasteiger partial charge in [-0.15, -0.1) is 0 Å². The molecule has 2 aromatic rings. The largest absolute Gasteiger partial charge is 0.320 e. The van der Waals surface area contributed by atoms with Crippen LogP contribution in [0.4, 0.5) is 0 Å². The van der Waals surface area contributed by atoms with Crippen LogP contribution in [-0.2, 0) is 0 Å². The zero-order valence-electron chi connectivity index (χ0n) is 9.15. The van der Waals surface area contributed by atoms with Crippen molar-refractivity contribution < 1.29 is 0 Å². The maximum atomic E-state index is 6.19. The van der Waals surface area contributed by atoms with Crippen molar-refractivity contribution in [3.63, 3.8) is 0 Å². The Hall–Kier alpha value is -1.31. The van der Waals surface area contributed by atoms with Gasteiger partial charge in [0.1, 0.15) is 0 Å². The van der Waals surface area contributed by atoms with Gasteiger partial charge in [0, 0.05) is 5.02 Å². The fourth-order valence-electron chi connectivity index (χ4n) is 1.71. The minimum atomic E-state index is -0.0860. The average Bonchev–Trinajstić information content (AvgIpc) is 2.33. The molecule has 16 heavy (non-hydrogen) atoms. The summed E-state index contributed by atoms with van der Waals surface area (Å²) in [5.74, 6) is 0. The van der Waals surface area contributed by atoms with Gasteiger partial charge >= 0.3 is 0 Å². The topological polar surface area (TPSA) is 26.0 Å². The molecule has 0 saturated heterocycles. The molecule has 0 aliphatic carbocycles. The molecule has 0 saturated carbocycles. The molecule has 0 aromatic heterocycles. The molecule has 0 bridgehead atoms. The van der Waals surface area contributed by atoms with Gasteiger partial charge in [0.25, 0.3) is 0 Å². The first kappa shape index (κ1) is 11.2. The smallest absolute Gasteiger partial charge is 0.0551 e. The molecule has 82 valence electrons. The third kappa shape index (κ3) is 2.26. The summed E-state index contributed by atoms with van der Waals surface area (Å²) in [7, 11) is 0. The summed E-state index contributed by atoms with van der Waals surface area (Å²) < 4.78 is 0. The molecule has 0 aliphatic rings. The molecule has 0 radical (unpaired) electrons. The monoisotopic (exact) mass is 231 g/mol. The molecular weight excluding hydrogens is 218 g/mol. The maximum Gasteiger partial charge on any atom is 0.0551 e. The molecule has 2 rings (SSSR count). The number of aryl methyl sites for hydroxylation is 1. The highest BCUT2D eigenvalue weighted by Crippen LogP contribution is 2.23. The number of nitrogens with two attached hydrogens (primary N) is 1. The van der Waals surface area contributed by atoms with Crippen molar-refractivity contribution in [3.8, 4) is 0 Å². The second-order valence-electron chi connectivity index (χ2n) is 3.90. The predicted molar refractivity (Wildman–Crippen MR) is 68.7 cm³/mol. The Balaban J connectivity index is 2.34. The standard InChI is InChI=1S/C14H14ClN/c1-10-9-12(7-8-13(10)15)14(16)11-5-3-2-4-6-11/h2-9,14H,16H2,1H3. The van der Waals surface area contributed by atoms with E-state index in [9.17, 15) is 0 Å². The van der Waals surface area contributed by atoms with Crippen molar-refractivity contribution in [1.29, 1.82) is 0 Å². The molecule has 2 N–H and O–H groups in total. The van der Waals surface area contributed by atoms with Crippen LogP contribution in [0.5, 0.6) is 0 Å². The van der Waals surface area contributed by atoms with E-state index in [2.05, 4.69) is 0 Å². The van der Waals surface area contributed by atoms with Crippen LogP contribution >= 0.6 is 11.6 Å². The van der Waals surface area contributed by atoms with Crippen molar-refractivity contribution >= 4 is 11.6 Å². The minimum Gasteiger partial charge on any atom is -0.320 e. The van der Waals surface area contributed by atoms with Gasteiger partial charge in [0.15, 0.2) is 0 Å². The lowest BCUT2D eigenvalue weighted by atomic mass is 9.98. The molecule has 0 spiro atoms. The summed E-state index contributed by atoms with van der Waals surface area (Å²) in [6, 6.07) is 15.9. The summed E-state index contributed by atoms with van der Waals surface area (Å²) in [6.45, 7) is 1.99. The first-order chi connectivity index (χ1) is 7.68. The van der Waals surface area contributed by atoms with E-state index in [-0.39, 0.29) is 6.04 Å². The van der Waals surface area contributed by atoms with Crippen LogP contribution in [0.15, 0.2) is 48.5 Å². The van der Waals surface area contributed by atoms with Crippen LogP contribution in [0.2, 0.25) is 5.02 Å². The van der Waals surface area contributed by atoms with Gasteiger partial charge in [-0.2, -0.15) is 0 Å². The van der Waals surface area contributed by atoms with Gasteiger partial charge in [0.05, 0.1) is 6.04 Å². The minimum absolute atomic E-state index is 0.0860. The zero-order valence-corrected chi connectivity index (χ0v) is 9.91. The summed E-state index contributed by atoms with van der Waals surface area (Å²) in [5, 5.41) is 0.781. The number of hydrogen-bond donors (Lipinski definition) is 1. The van der Waals surface area contributed by atoms with E-state index < -0.39 is 0 Å². The average molecular weight is 232 g/mol. The number of hydrogen-bond acceptors (Lipinski definition) is 1. The normalized spacial score (nSPS) is 12.4. The van der Waals surface area contributed by atoms with E-state index in [1.807, 2.05) is 55.5 Å². The molecule has 1 unspecified atom stereocenters. The van der Waals surface area contributed by atoms with Crippen molar-refractivity contribution in [2.75, 3.05) is 0 Å². The van der Waals surface area contributed by atoms with Gasteiger partial charge in [0.2, 0.25) is 0 Å². The highest BCUT2D eigenvalue weighted by atomic mass is 35.5. The second-order valence-corrected chi connectivity index (χ2v) is 4.30. The highest BCUT2D eigenvalue weighted by molar-refractivity contribution is 6.31. The highest BCUT2D eigenvalue weighted by Gasteiger charge is 2.08. The van der Waals surface area contributed by atoms with Gasteiger partial charge in [-0.3, -0.25) is 0 Å². The maximum absolute atomic E-state index is 6.19. The fourth-order valence-corrected chi connectivity index (χ4v) is 1.83. The summed E-state index contributed by atoms with van der Waals surface area (Å²) in [5.41, 5.74) is 9.46. The van der Waals surface area contributed by atoms with Crippen LogP contribution in [0.3, 0.4) is 0 Å². The lowest BCUT2D eigenvalue weighted by Gasteiger charge is -2.13. The van der Waals surface area contributed by atoms with E-state index in [1.165, 1.54) is 0 Å². The van der Waals surface area contributed by atoms with E-state index in [4.69, 9.17) is 17.3 Å². The van der Waals surface area contributed by atoms with Gasteiger partial charge in [-0.25, -0.2) is 0 Å². The first-order valence-electron chi connectivity index (χ1n) is 5.25. The van der Waals surface area contributed by atoms with Crippen molar-refractivity contribution in [1.82, 2.24) is 0 Å². The SMILES string of the molecule is Cc1cc(C(N)c2ccccc2)ccc1Cl. The van der Waals surface area contributed by atoms with E-state index in [0.717, 1.165) is 21.7 Å². The molecule has 0 fully saturated rings. The van der Waals surface area contributed by atoms with Gasteiger partial charge in [-0.05, 0) is 29.7 Å². The van der Waals surface area contributed by atoms with Crippen molar-refractivity contribution in [3.05, 3.63) is 70.2 Å². The Morgan fingerprint density at radius 2 is 1.69 bits per heavy atom. The van der Waals surface area contributed by atoms with Gasteiger partial charge < -0.3 is 5.73 Å². The van der Waals surface area contributed by atoms with Crippen LogP contribution in [0.25, 0.3) is 0 Å². The second kappa shape index (κ2) is 4.69. The predicted octanol–water partition coefficient (Wildman–Crippen LogP) is 3.70. The quantitative estimate of drug-likeness (QED) is 0.838. The summed E-state index contributed by atoms with van der Waals surface area (Å²) in [4.78, 5) is 0. The molecule has 1 atom stereocenters. The Kier molecular flexibility index (Phi) is 3.28. The molecule has 0 aliphatic heterocycles. The van der Waals surface area contributed by atoms with Crippen LogP contribution in [-0.4, -0.2) is 0 Å². The number of rotatable bonds is 2. The zero-order chi connectivity index (χ0) is 11.5. The third-order valence-corrected chi connectivity index (χ3v) is 3.12. The molecular formula is C14H14ClN. The summed E-state index contributed by atoms with van der Waals surface area (Å²) >= 11 is 5.99. The Bertz CT molecular complexity index is 479.